The number of halogens is 2. The van der Waals surface area contributed by atoms with Gasteiger partial charge in [0.2, 0.25) is 6.43 Å². The SMILES string of the molecule is CCCc1ccc([C@H]2CC[C@H]([C@H]3CC[C@H](C=CCC(F)F)CC3)CC2)cc1. The van der Waals surface area contributed by atoms with Crippen LogP contribution in [0.5, 0.6) is 0 Å². The smallest absolute Gasteiger partial charge is 0.210 e. The van der Waals surface area contributed by atoms with E-state index >= 15 is 0 Å². The van der Waals surface area contributed by atoms with E-state index in [9.17, 15) is 8.78 Å². The normalized spacial score (nSPS) is 29.5. The van der Waals surface area contributed by atoms with Crippen molar-refractivity contribution in [1.82, 2.24) is 0 Å². The highest BCUT2D eigenvalue weighted by molar-refractivity contribution is 5.26. The molecular formula is C25H36F2. The fraction of sp³-hybridized carbons (Fsp3) is 0.680. The molecule has 0 unspecified atom stereocenters. The van der Waals surface area contributed by atoms with Crippen LogP contribution in [0.3, 0.4) is 0 Å². The summed E-state index contributed by atoms with van der Waals surface area (Å²) in [5, 5.41) is 0. The molecule has 0 saturated heterocycles. The van der Waals surface area contributed by atoms with Crippen molar-refractivity contribution in [3.63, 3.8) is 0 Å². The maximum atomic E-state index is 12.3. The minimum atomic E-state index is -2.20. The van der Waals surface area contributed by atoms with Gasteiger partial charge in [-0.25, -0.2) is 8.78 Å². The molecule has 2 fully saturated rings. The molecule has 2 aliphatic rings. The van der Waals surface area contributed by atoms with E-state index in [2.05, 4.69) is 37.3 Å². The molecule has 150 valence electrons. The van der Waals surface area contributed by atoms with Crippen LogP contribution in [0.2, 0.25) is 0 Å². The quantitative estimate of drug-likeness (QED) is 0.425. The maximum Gasteiger partial charge on any atom is 0.242 e. The topological polar surface area (TPSA) is 0 Å². The van der Waals surface area contributed by atoms with Crippen molar-refractivity contribution in [1.29, 1.82) is 0 Å². The Morgan fingerprint density at radius 1 is 0.889 bits per heavy atom. The van der Waals surface area contributed by atoms with Gasteiger partial charge in [-0.2, -0.15) is 0 Å². The van der Waals surface area contributed by atoms with E-state index < -0.39 is 6.43 Å². The maximum absolute atomic E-state index is 12.3. The van der Waals surface area contributed by atoms with E-state index in [1.165, 1.54) is 69.8 Å². The Kier molecular flexibility index (Phi) is 7.91. The zero-order valence-corrected chi connectivity index (χ0v) is 16.9. The molecule has 27 heavy (non-hydrogen) atoms. The van der Waals surface area contributed by atoms with E-state index in [-0.39, 0.29) is 6.42 Å². The van der Waals surface area contributed by atoms with Crippen LogP contribution >= 0.6 is 0 Å². The fourth-order valence-electron chi connectivity index (χ4n) is 5.35. The minimum Gasteiger partial charge on any atom is -0.210 e. The molecular weight excluding hydrogens is 338 g/mol. The fourth-order valence-corrected chi connectivity index (χ4v) is 5.35. The van der Waals surface area contributed by atoms with E-state index in [1.54, 1.807) is 11.6 Å². The highest BCUT2D eigenvalue weighted by Crippen LogP contribution is 2.44. The molecule has 0 heterocycles. The summed E-state index contributed by atoms with van der Waals surface area (Å²) >= 11 is 0. The molecule has 2 saturated carbocycles. The summed E-state index contributed by atoms with van der Waals surface area (Å²) in [6.07, 6.45) is 14.3. The third kappa shape index (κ3) is 6.16. The largest absolute Gasteiger partial charge is 0.242 e. The lowest BCUT2D eigenvalue weighted by molar-refractivity contribution is 0.151. The van der Waals surface area contributed by atoms with Crippen LogP contribution in [0.1, 0.15) is 88.2 Å². The molecule has 0 radical (unpaired) electrons. The van der Waals surface area contributed by atoms with Gasteiger partial charge < -0.3 is 0 Å². The van der Waals surface area contributed by atoms with Crippen LogP contribution in [-0.2, 0) is 6.42 Å². The van der Waals surface area contributed by atoms with Gasteiger partial charge in [0.15, 0.2) is 0 Å². The molecule has 0 amide bonds. The first-order valence-electron chi connectivity index (χ1n) is 11.2. The zero-order chi connectivity index (χ0) is 19.1. The highest BCUT2D eigenvalue weighted by atomic mass is 19.3. The summed E-state index contributed by atoms with van der Waals surface area (Å²) in [5.74, 6) is 3.06. The van der Waals surface area contributed by atoms with Gasteiger partial charge in [0.25, 0.3) is 0 Å². The lowest BCUT2D eigenvalue weighted by atomic mass is 9.68. The van der Waals surface area contributed by atoms with Gasteiger partial charge in [-0.15, -0.1) is 0 Å². The first-order chi connectivity index (χ1) is 13.2. The van der Waals surface area contributed by atoms with Crippen molar-refractivity contribution in [3.8, 4) is 0 Å². The van der Waals surface area contributed by atoms with Crippen LogP contribution < -0.4 is 0 Å². The van der Waals surface area contributed by atoms with Gasteiger partial charge in [0.1, 0.15) is 0 Å². The average Bonchev–Trinajstić information content (AvgIpc) is 2.69. The summed E-state index contributed by atoms with van der Waals surface area (Å²) in [4.78, 5) is 0. The van der Waals surface area contributed by atoms with Crippen molar-refractivity contribution in [3.05, 3.63) is 47.5 Å². The molecule has 0 spiro atoms. The second kappa shape index (κ2) is 10.4. The van der Waals surface area contributed by atoms with Crippen molar-refractivity contribution >= 4 is 0 Å². The summed E-state index contributed by atoms with van der Waals surface area (Å²) in [7, 11) is 0. The Bertz CT molecular complexity index is 558. The Balaban J connectivity index is 1.41. The van der Waals surface area contributed by atoms with Gasteiger partial charge >= 0.3 is 0 Å². The minimum absolute atomic E-state index is 0.0800. The molecule has 0 N–H and O–H groups in total. The predicted octanol–water partition coefficient (Wildman–Crippen LogP) is 7.93. The molecule has 1 aromatic rings. The van der Waals surface area contributed by atoms with E-state index in [4.69, 9.17) is 0 Å². The number of aryl methyl sites for hydroxylation is 1. The molecule has 2 aliphatic carbocycles. The second-order valence-electron chi connectivity index (χ2n) is 8.83. The lowest BCUT2D eigenvalue weighted by Crippen LogP contribution is -2.25. The van der Waals surface area contributed by atoms with Gasteiger partial charge in [0.05, 0.1) is 0 Å². The molecule has 0 aromatic heterocycles. The van der Waals surface area contributed by atoms with Gasteiger partial charge in [-0.1, -0.05) is 49.8 Å². The van der Waals surface area contributed by atoms with Crippen LogP contribution in [0.15, 0.2) is 36.4 Å². The Morgan fingerprint density at radius 2 is 1.48 bits per heavy atom. The Morgan fingerprint density at radius 3 is 2.04 bits per heavy atom. The van der Waals surface area contributed by atoms with Crippen molar-refractivity contribution in [2.45, 2.75) is 89.9 Å². The van der Waals surface area contributed by atoms with Crippen molar-refractivity contribution in [2.75, 3.05) is 0 Å². The van der Waals surface area contributed by atoms with Crippen molar-refractivity contribution < 1.29 is 8.78 Å². The van der Waals surface area contributed by atoms with Crippen molar-refractivity contribution in [2.24, 2.45) is 17.8 Å². The highest BCUT2D eigenvalue weighted by Gasteiger charge is 2.30. The first kappa shape index (κ1) is 20.6. The second-order valence-corrected chi connectivity index (χ2v) is 8.83. The number of alkyl halides is 2. The van der Waals surface area contributed by atoms with E-state index in [0.29, 0.717) is 5.92 Å². The Labute approximate surface area is 164 Å². The predicted molar refractivity (Wildman–Crippen MR) is 110 cm³/mol. The van der Waals surface area contributed by atoms with E-state index in [0.717, 1.165) is 17.8 Å². The lowest BCUT2D eigenvalue weighted by Gasteiger charge is -2.37. The van der Waals surface area contributed by atoms with Gasteiger partial charge in [-0.3, -0.25) is 0 Å². The number of allylic oxidation sites excluding steroid dienone is 2. The average molecular weight is 375 g/mol. The number of hydrogen-bond acceptors (Lipinski definition) is 0. The summed E-state index contributed by atoms with van der Waals surface area (Å²) in [5.41, 5.74) is 3.01. The standard InChI is InChI=1S/C25H36F2/c1-2-4-19-7-11-21(12-8-19)23-15-17-24(18-16-23)22-13-9-20(10-14-22)5-3-6-25(26)27/h3,5,7-8,11-12,20,22-25H,2,4,6,9-10,13-18H2,1H3/t20-,22-,23-,24-. The molecule has 0 atom stereocenters. The molecule has 2 heteroatoms. The molecule has 1 aromatic carbocycles. The molecule has 3 rings (SSSR count). The zero-order valence-electron chi connectivity index (χ0n) is 16.9. The number of benzene rings is 1. The molecule has 0 nitrogen and oxygen atoms in total. The van der Waals surface area contributed by atoms with Crippen LogP contribution in [-0.4, -0.2) is 6.43 Å². The summed E-state index contributed by atoms with van der Waals surface area (Å²) in [6.45, 7) is 2.24. The van der Waals surface area contributed by atoms with Gasteiger partial charge in [0, 0.05) is 6.42 Å². The number of hydrogen-bond donors (Lipinski definition) is 0. The third-order valence-electron chi connectivity index (χ3n) is 6.97. The monoisotopic (exact) mass is 374 g/mol. The molecule has 0 aliphatic heterocycles. The summed E-state index contributed by atoms with van der Waals surface area (Å²) in [6, 6.07) is 9.39. The Hall–Kier alpha value is -1.18. The van der Waals surface area contributed by atoms with Crippen LogP contribution in [0, 0.1) is 17.8 Å². The number of rotatable bonds is 7. The molecule has 0 bridgehead atoms. The van der Waals surface area contributed by atoms with Crippen LogP contribution in [0.25, 0.3) is 0 Å². The summed E-state index contributed by atoms with van der Waals surface area (Å²) < 4.78 is 24.5. The van der Waals surface area contributed by atoms with E-state index in [1.807, 2.05) is 0 Å². The van der Waals surface area contributed by atoms with Crippen LogP contribution in [0.4, 0.5) is 8.78 Å². The van der Waals surface area contributed by atoms with Gasteiger partial charge in [-0.05, 0) is 92.6 Å². The third-order valence-corrected chi connectivity index (χ3v) is 6.97. The first-order valence-corrected chi connectivity index (χ1v) is 11.2.